The second-order valence-electron chi connectivity index (χ2n) is 4.83. The third-order valence-electron chi connectivity index (χ3n) is 2.67. The zero-order chi connectivity index (χ0) is 19.6. The fourth-order valence-electron chi connectivity index (χ4n) is 1.49. The van der Waals surface area contributed by atoms with Crippen molar-refractivity contribution in [3.8, 4) is 0 Å². The van der Waals surface area contributed by atoms with Crippen LogP contribution in [0.3, 0.4) is 0 Å². The SMILES string of the molecule is NC(Cl)(Cl)c1cccs1.P.[Ru+3].[c-]1ccccc1.[c-]1ccccc1.[c-]1ccccc1. The summed E-state index contributed by atoms with van der Waals surface area (Å²) in [6, 6.07) is 41.1. The monoisotopic (exact) mass is 548 g/mol. The molecule has 0 bridgehead atoms. The summed E-state index contributed by atoms with van der Waals surface area (Å²) in [5, 5.41) is 1.88. The predicted octanol–water partition coefficient (Wildman–Crippen LogP) is 6.81. The molecule has 1 radical (unpaired) electrons. The molecule has 0 aliphatic rings. The summed E-state index contributed by atoms with van der Waals surface area (Å²) in [4.78, 5) is 0.769. The standard InChI is InChI=1S/3C6H5.C5H5Cl2NS.H3P.Ru/c3*1-2-4-6-5-3-1;6-5(7,8)4-2-1-3-9-4;;/h3*1-5H;1-3H,8H2;1H3;/q3*-1;;;+3. The molecule has 0 spiro atoms. The number of alkyl halides is 2. The summed E-state index contributed by atoms with van der Waals surface area (Å²) >= 11 is 12.5. The molecule has 1 aromatic heterocycles. The summed E-state index contributed by atoms with van der Waals surface area (Å²) in [6.45, 7) is 0. The van der Waals surface area contributed by atoms with Gasteiger partial charge in [-0.05, 0) is 11.4 Å². The molecule has 4 rings (SSSR count). The average molecular weight is 548 g/mol. The minimum absolute atomic E-state index is 0. The van der Waals surface area contributed by atoms with Crippen LogP contribution < -0.4 is 5.73 Å². The zero-order valence-electron chi connectivity index (χ0n) is 15.7. The normalized spacial score (nSPS) is 8.66. The molecule has 2 N–H and O–H groups in total. The second kappa shape index (κ2) is 20.2. The van der Waals surface area contributed by atoms with E-state index in [0.717, 1.165) is 4.88 Å². The molecular weight excluding hydrogens is 525 g/mol. The summed E-state index contributed by atoms with van der Waals surface area (Å²) in [5.74, 6) is 0. The van der Waals surface area contributed by atoms with Crippen molar-refractivity contribution in [2.45, 2.75) is 4.46 Å². The van der Waals surface area contributed by atoms with Crippen molar-refractivity contribution in [3.05, 3.63) is 132 Å². The number of halogens is 2. The van der Waals surface area contributed by atoms with E-state index < -0.39 is 4.46 Å². The quantitative estimate of drug-likeness (QED) is 0.0914. The Morgan fingerprint density at radius 2 is 1.00 bits per heavy atom. The minimum atomic E-state index is -1.21. The van der Waals surface area contributed by atoms with Crippen LogP contribution >= 0.6 is 44.4 Å². The Labute approximate surface area is 204 Å². The summed E-state index contributed by atoms with van der Waals surface area (Å²) in [6.07, 6.45) is 0. The van der Waals surface area contributed by atoms with E-state index in [-0.39, 0.29) is 29.4 Å². The smallest absolute Gasteiger partial charge is 0.296 e. The van der Waals surface area contributed by atoms with E-state index in [2.05, 4.69) is 18.2 Å². The van der Waals surface area contributed by atoms with Crippen LogP contribution in [-0.2, 0) is 23.9 Å². The molecule has 1 atom stereocenters. The predicted molar refractivity (Wildman–Crippen MR) is 129 cm³/mol. The molecule has 3 aromatic carbocycles. The van der Waals surface area contributed by atoms with Crippen molar-refractivity contribution in [1.82, 2.24) is 0 Å². The van der Waals surface area contributed by atoms with Gasteiger partial charge in [0.2, 0.25) is 4.46 Å². The molecule has 4 aromatic rings. The third-order valence-corrected chi connectivity index (χ3v) is 4.31. The van der Waals surface area contributed by atoms with Gasteiger partial charge >= 0.3 is 19.5 Å². The second-order valence-corrected chi connectivity index (χ2v) is 7.17. The van der Waals surface area contributed by atoms with Crippen LogP contribution in [0.4, 0.5) is 0 Å². The van der Waals surface area contributed by atoms with Crippen molar-refractivity contribution < 1.29 is 19.5 Å². The van der Waals surface area contributed by atoms with Crippen LogP contribution in [0, 0.1) is 18.2 Å². The molecule has 1 heterocycles. The number of rotatable bonds is 1. The van der Waals surface area contributed by atoms with Crippen molar-refractivity contribution in [2.24, 2.45) is 5.73 Å². The van der Waals surface area contributed by atoms with Crippen molar-refractivity contribution in [1.29, 1.82) is 0 Å². The molecule has 0 saturated carbocycles. The van der Waals surface area contributed by atoms with Gasteiger partial charge in [0.25, 0.3) is 0 Å². The number of benzene rings is 3. The van der Waals surface area contributed by atoms with Crippen molar-refractivity contribution in [3.63, 3.8) is 0 Å². The first kappa shape index (κ1) is 30.1. The van der Waals surface area contributed by atoms with Gasteiger partial charge in [0.15, 0.2) is 0 Å². The van der Waals surface area contributed by atoms with Crippen molar-refractivity contribution in [2.75, 3.05) is 0 Å². The fourth-order valence-corrected chi connectivity index (χ4v) is 2.51. The van der Waals surface area contributed by atoms with Gasteiger partial charge in [-0.2, -0.15) is 119 Å². The largest absolute Gasteiger partial charge is 3.00 e. The van der Waals surface area contributed by atoms with E-state index in [9.17, 15) is 0 Å². The maximum Gasteiger partial charge on any atom is 3.00 e. The number of nitrogens with two attached hydrogens (primary N) is 1. The van der Waals surface area contributed by atoms with Gasteiger partial charge < -0.3 is 0 Å². The topological polar surface area (TPSA) is 26.0 Å². The molecule has 0 saturated heterocycles. The van der Waals surface area contributed by atoms with Crippen LogP contribution in [0.15, 0.2) is 109 Å². The van der Waals surface area contributed by atoms with E-state index in [1.165, 1.54) is 11.3 Å². The molecule has 6 heteroatoms. The van der Waals surface area contributed by atoms with Crippen LogP contribution in [0.5, 0.6) is 0 Å². The molecule has 1 unspecified atom stereocenters. The number of hydrogen-bond acceptors (Lipinski definition) is 2. The van der Waals surface area contributed by atoms with Gasteiger partial charge in [-0.3, -0.25) is 5.73 Å². The molecular formula is C23H23Cl2NPRuS. The molecule has 153 valence electrons. The third kappa shape index (κ3) is 18.7. The first-order chi connectivity index (χ1) is 13.1. The Bertz CT molecular complexity index is 613. The van der Waals surface area contributed by atoms with Crippen LogP contribution in [0.1, 0.15) is 4.88 Å². The van der Waals surface area contributed by atoms with Gasteiger partial charge in [-0.25, -0.2) is 0 Å². The molecule has 29 heavy (non-hydrogen) atoms. The van der Waals surface area contributed by atoms with Gasteiger partial charge in [0.1, 0.15) is 0 Å². The molecule has 0 fully saturated rings. The number of thiophene rings is 1. The molecule has 1 nitrogen and oxygen atoms in total. The maximum absolute atomic E-state index is 5.55. The van der Waals surface area contributed by atoms with E-state index >= 15 is 0 Å². The Kier molecular flexibility index (Phi) is 21.0. The van der Waals surface area contributed by atoms with Gasteiger partial charge in [0, 0.05) is 0 Å². The minimum Gasteiger partial charge on any atom is -0.296 e. The average Bonchev–Trinajstić information content (AvgIpc) is 3.29. The first-order valence-electron chi connectivity index (χ1n) is 8.04. The summed E-state index contributed by atoms with van der Waals surface area (Å²) in [5.41, 5.74) is 5.34. The zero-order valence-corrected chi connectivity index (χ0v) is 21.2. The van der Waals surface area contributed by atoms with E-state index in [4.69, 9.17) is 28.9 Å². The number of hydrogen-bond donors (Lipinski definition) is 1. The first-order valence-corrected chi connectivity index (χ1v) is 9.68. The Balaban J connectivity index is 0. The maximum atomic E-state index is 5.55. The summed E-state index contributed by atoms with van der Waals surface area (Å²) < 4.78 is -1.21. The molecule has 0 aliphatic heterocycles. The van der Waals surface area contributed by atoms with Crippen LogP contribution in [-0.4, -0.2) is 0 Å². The molecule has 0 aliphatic carbocycles. The Hall–Kier alpha value is -1.05. The Morgan fingerprint density at radius 3 is 1.10 bits per heavy atom. The Morgan fingerprint density at radius 1 is 0.655 bits per heavy atom. The fraction of sp³-hybridized carbons (Fsp3) is 0.0435. The van der Waals surface area contributed by atoms with Gasteiger partial charge in [0.05, 0.1) is 4.88 Å². The van der Waals surface area contributed by atoms with Gasteiger partial charge in [-0.1, -0.05) is 29.3 Å². The van der Waals surface area contributed by atoms with E-state index in [1.807, 2.05) is 102 Å². The van der Waals surface area contributed by atoms with E-state index in [0.29, 0.717) is 0 Å². The van der Waals surface area contributed by atoms with E-state index in [1.54, 1.807) is 6.07 Å². The molecule has 0 amide bonds. The van der Waals surface area contributed by atoms with Crippen molar-refractivity contribution >= 4 is 44.4 Å². The van der Waals surface area contributed by atoms with Gasteiger partial charge in [-0.15, -0.1) is 11.3 Å². The van der Waals surface area contributed by atoms with Crippen LogP contribution in [0.2, 0.25) is 0 Å². The summed E-state index contributed by atoms with van der Waals surface area (Å²) in [7, 11) is 0. The van der Waals surface area contributed by atoms with Crippen LogP contribution in [0.25, 0.3) is 0 Å².